The lowest BCUT2D eigenvalue weighted by atomic mass is 10.1. The summed E-state index contributed by atoms with van der Waals surface area (Å²) < 4.78 is 0. The Morgan fingerprint density at radius 2 is 0.944 bits per heavy atom. The molecule has 0 aromatic carbocycles. The Bertz CT molecular complexity index is 202. The monoisotopic (exact) mass is 256 g/mol. The first-order valence-electron chi connectivity index (χ1n) is 7.56. The molecule has 2 aliphatic heterocycles. The van der Waals surface area contributed by atoms with Crippen LogP contribution in [0.1, 0.15) is 38.5 Å². The Kier molecular flexibility index (Phi) is 5.89. The maximum absolute atomic E-state index is 10.1. The number of nitrogens with zero attached hydrogens (tertiary/aromatic N) is 2. The van der Waals surface area contributed by atoms with Gasteiger partial charge in [0.05, 0.1) is 12.2 Å². The van der Waals surface area contributed by atoms with Crippen LogP contribution in [0.4, 0.5) is 0 Å². The van der Waals surface area contributed by atoms with Crippen molar-refractivity contribution in [1.29, 1.82) is 0 Å². The zero-order valence-corrected chi connectivity index (χ0v) is 11.4. The highest BCUT2D eigenvalue weighted by molar-refractivity contribution is 4.78. The van der Waals surface area contributed by atoms with E-state index < -0.39 is 12.2 Å². The van der Waals surface area contributed by atoms with Gasteiger partial charge in [0.25, 0.3) is 0 Å². The Labute approximate surface area is 111 Å². The van der Waals surface area contributed by atoms with Crippen molar-refractivity contribution in [3.05, 3.63) is 0 Å². The summed E-state index contributed by atoms with van der Waals surface area (Å²) in [7, 11) is 0. The molecule has 0 saturated carbocycles. The molecule has 0 aromatic rings. The predicted molar refractivity (Wildman–Crippen MR) is 72.6 cm³/mol. The topological polar surface area (TPSA) is 46.9 Å². The molecule has 0 aromatic heterocycles. The fraction of sp³-hybridized carbons (Fsp3) is 1.00. The van der Waals surface area contributed by atoms with Crippen molar-refractivity contribution in [2.75, 3.05) is 39.3 Å². The minimum Gasteiger partial charge on any atom is -0.389 e. The largest absolute Gasteiger partial charge is 0.389 e. The van der Waals surface area contributed by atoms with Crippen LogP contribution in [-0.4, -0.2) is 71.5 Å². The van der Waals surface area contributed by atoms with Crippen LogP contribution in [0.3, 0.4) is 0 Å². The van der Waals surface area contributed by atoms with Gasteiger partial charge in [0.15, 0.2) is 0 Å². The van der Waals surface area contributed by atoms with Crippen LogP contribution in [0.2, 0.25) is 0 Å². The highest BCUT2D eigenvalue weighted by atomic mass is 16.3. The number of piperidine rings is 2. The Hall–Kier alpha value is -0.160. The number of likely N-dealkylation sites (tertiary alicyclic amines) is 2. The molecule has 18 heavy (non-hydrogen) atoms. The van der Waals surface area contributed by atoms with Gasteiger partial charge in [-0.1, -0.05) is 12.8 Å². The molecule has 0 spiro atoms. The van der Waals surface area contributed by atoms with Crippen LogP contribution in [0.15, 0.2) is 0 Å². The van der Waals surface area contributed by atoms with Gasteiger partial charge < -0.3 is 20.0 Å². The van der Waals surface area contributed by atoms with Crippen LogP contribution >= 0.6 is 0 Å². The van der Waals surface area contributed by atoms with Gasteiger partial charge in [-0.15, -0.1) is 0 Å². The first kappa shape index (κ1) is 14.3. The number of hydrogen-bond acceptors (Lipinski definition) is 4. The zero-order valence-electron chi connectivity index (χ0n) is 11.4. The van der Waals surface area contributed by atoms with Crippen molar-refractivity contribution in [1.82, 2.24) is 9.80 Å². The van der Waals surface area contributed by atoms with E-state index in [0.717, 1.165) is 26.2 Å². The summed E-state index contributed by atoms with van der Waals surface area (Å²) in [6.45, 7) is 5.58. The second-order valence-corrected chi connectivity index (χ2v) is 5.86. The minimum atomic E-state index is -0.593. The van der Waals surface area contributed by atoms with Gasteiger partial charge in [-0.2, -0.15) is 0 Å². The molecule has 2 rings (SSSR count). The summed E-state index contributed by atoms with van der Waals surface area (Å²) in [4.78, 5) is 4.57. The molecule has 0 aliphatic carbocycles. The normalized spacial score (nSPS) is 27.0. The standard InChI is InChI=1S/C14H28N2O2/c17-13(11-15-7-3-1-4-8-15)14(18)12-16-9-5-2-6-10-16/h13-14,17-18H,1-12H2/t13-,14-/m1/s1. The van der Waals surface area contributed by atoms with Crippen molar-refractivity contribution in [3.63, 3.8) is 0 Å². The van der Waals surface area contributed by atoms with Gasteiger partial charge in [-0.3, -0.25) is 0 Å². The Morgan fingerprint density at radius 1 is 0.611 bits per heavy atom. The van der Waals surface area contributed by atoms with E-state index in [1.807, 2.05) is 0 Å². The molecular formula is C14H28N2O2. The van der Waals surface area contributed by atoms with E-state index >= 15 is 0 Å². The average molecular weight is 256 g/mol. The maximum atomic E-state index is 10.1. The molecule has 2 fully saturated rings. The first-order valence-corrected chi connectivity index (χ1v) is 7.56. The molecule has 106 valence electrons. The summed E-state index contributed by atoms with van der Waals surface area (Å²) in [5.74, 6) is 0. The second-order valence-electron chi connectivity index (χ2n) is 5.86. The predicted octanol–water partition coefficient (Wildman–Crippen LogP) is 0.680. The molecule has 2 saturated heterocycles. The molecule has 2 heterocycles. The van der Waals surface area contributed by atoms with Gasteiger partial charge in [-0.05, 0) is 51.9 Å². The van der Waals surface area contributed by atoms with E-state index in [2.05, 4.69) is 9.80 Å². The third-order valence-corrected chi connectivity index (χ3v) is 4.23. The molecule has 2 N–H and O–H groups in total. The van der Waals surface area contributed by atoms with E-state index in [0.29, 0.717) is 13.1 Å². The third kappa shape index (κ3) is 4.50. The lowest BCUT2D eigenvalue weighted by Gasteiger charge is -2.33. The third-order valence-electron chi connectivity index (χ3n) is 4.23. The number of β-amino-alcohol motifs (C(OH)–C–C–N with tert-alkyl or cyclic N) is 2. The molecule has 0 amide bonds. The molecule has 0 radical (unpaired) electrons. The van der Waals surface area contributed by atoms with Gasteiger partial charge in [-0.25, -0.2) is 0 Å². The first-order chi connectivity index (χ1) is 8.75. The van der Waals surface area contributed by atoms with Crippen LogP contribution in [0, 0.1) is 0 Å². The van der Waals surface area contributed by atoms with Gasteiger partial charge >= 0.3 is 0 Å². The SMILES string of the molecule is O[C@H](CN1CCCCC1)[C@H](O)CN1CCCCC1. The van der Waals surface area contributed by atoms with Crippen molar-refractivity contribution < 1.29 is 10.2 Å². The second kappa shape index (κ2) is 7.43. The fourth-order valence-electron chi connectivity index (χ4n) is 3.06. The van der Waals surface area contributed by atoms with E-state index in [4.69, 9.17) is 0 Å². The Morgan fingerprint density at radius 3 is 1.28 bits per heavy atom. The number of aliphatic hydroxyl groups is 2. The van der Waals surface area contributed by atoms with Crippen molar-refractivity contribution >= 4 is 0 Å². The summed E-state index contributed by atoms with van der Waals surface area (Å²) in [5, 5.41) is 20.2. The van der Waals surface area contributed by atoms with E-state index in [9.17, 15) is 10.2 Å². The lowest BCUT2D eigenvalue weighted by Crippen LogP contribution is -2.46. The van der Waals surface area contributed by atoms with Crippen LogP contribution < -0.4 is 0 Å². The minimum absolute atomic E-state index is 0.593. The lowest BCUT2D eigenvalue weighted by molar-refractivity contribution is -0.0240. The smallest absolute Gasteiger partial charge is 0.0938 e. The number of rotatable bonds is 5. The Balaban J connectivity index is 1.68. The van der Waals surface area contributed by atoms with Crippen LogP contribution in [-0.2, 0) is 0 Å². The van der Waals surface area contributed by atoms with Crippen LogP contribution in [0.25, 0.3) is 0 Å². The maximum Gasteiger partial charge on any atom is 0.0938 e. The van der Waals surface area contributed by atoms with Crippen molar-refractivity contribution in [3.8, 4) is 0 Å². The fourth-order valence-corrected chi connectivity index (χ4v) is 3.06. The zero-order chi connectivity index (χ0) is 12.8. The number of aliphatic hydroxyl groups excluding tert-OH is 2. The van der Waals surface area contributed by atoms with Crippen LogP contribution in [0.5, 0.6) is 0 Å². The highest BCUT2D eigenvalue weighted by Crippen LogP contribution is 2.12. The van der Waals surface area contributed by atoms with Gasteiger partial charge in [0.2, 0.25) is 0 Å². The molecule has 0 bridgehead atoms. The van der Waals surface area contributed by atoms with Gasteiger partial charge in [0, 0.05) is 13.1 Å². The van der Waals surface area contributed by atoms with Crippen molar-refractivity contribution in [2.45, 2.75) is 50.7 Å². The molecular weight excluding hydrogens is 228 g/mol. The molecule has 2 atom stereocenters. The van der Waals surface area contributed by atoms with E-state index in [1.165, 1.54) is 38.5 Å². The average Bonchev–Trinajstić information content (AvgIpc) is 2.41. The highest BCUT2D eigenvalue weighted by Gasteiger charge is 2.23. The summed E-state index contributed by atoms with van der Waals surface area (Å²) in [6, 6.07) is 0. The quantitative estimate of drug-likeness (QED) is 0.759. The summed E-state index contributed by atoms with van der Waals surface area (Å²) in [6.07, 6.45) is 6.36. The number of hydrogen-bond donors (Lipinski definition) is 2. The van der Waals surface area contributed by atoms with Crippen molar-refractivity contribution in [2.24, 2.45) is 0 Å². The molecule has 4 heteroatoms. The van der Waals surface area contributed by atoms with E-state index in [1.54, 1.807) is 0 Å². The molecule has 2 aliphatic rings. The summed E-state index contributed by atoms with van der Waals surface area (Å²) >= 11 is 0. The van der Waals surface area contributed by atoms with Gasteiger partial charge in [0.1, 0.15) is 0 Å². The molecule has 4 nitrogen and oxygen atoms in total. The molecule has 0 unspecified atom stereocenters. The summed E-state index contributed by atoms with van der Waals surface area (Å²) in [5.41, 5.74) is 0. The van der Waals surface area contributed by atoms with E-state index in [-0.39, 0.29) is 0 Å².